The quantitative estimate of drug-likeness (QED) is 0.624. The van der Waals surface area contributed by atoms with Crippen molar-refractivity contribution in [2.75, 3.05) is 25.1 Å². The molecule has 2 unspecified atom stereocenters. The molecule has 3 fully saturated rings. The Morgan fingerprint density at radius 3 is 2.79 bits per heavy atom. The molecular weight excluding hydrogens is 424 g/mol. The van der Waals surface area contributed by atoms with Gasteiger partial charge in [0, 0.05) is 18.8 Å². The maximum Gasteiger partial charge on any atom is 0.312 e. The van der Waals surface area contributed by atoms with Gasteiger partial charge < -0.3 is 24.8 Å². The van der Waals surface area contributed by atoms with Crippen LogP contribution in [0, 0.1) is 11.8 Å². The van der Waals surface area contributed by atoms with Crippen LogP contribution in [0.1, 0.15) is 26.2 Å². The highest BCUT2D eigenvalue weighted by Gasteiger charge is 2.74. The number of rotatable bonds is 7. The number of hydrogen-bond donors (Lipinski definition) is 2. The minimum absolute atomic E-state index is 0.106. The van der Waals surface area contributed by atoms with Crippen LogP contribution in [0.3, 0.4) is 0 Å². The summed E-state index contributed by atoms with van der Waals surface area (Å²) in [6.45, 7) is 2.06. The molecule has 1 spiro atoms. The van der Waals surface area contributed by atoms with Crippen molar-refractivity contribution in [1.29, 1.82) is 0 Å². The van der Waals surface area contributed by atoms with E-state index in [-0.39, 0.29) is 31.6 Å². The smallest absolute Gasteiger partial charge is 0.312 e. The number of benzene rings is 2. The summed E-state index contributed by atoms with van der Waals surface area (Å²) in [4.78, 5) is 41.4. The van der Waals surface area contributed by atoms with Crippen LogP contribution >= 0.6 is 0 Å². The lowest BCUT2D eigenvalue weighted by atomic mass is 9.71. The second-order valence-electron chi connectivity index (χ2n) is 8.97. The Hall–Kier alpha value is -2.97. The van der Waals surface area contributed by atoms with Crippen LogP contribution in [0.25, 0.3) is 10.8 Å². The molecule has 5 rings (SSSR count). The van der Waals surface area contributed by atoms with Gasteiger partial charge in [0.05, 0.1) is 24.5 Å². The van der Waals surface area contributed by atoms with Gasteiger partial charge >= 0.3 is 5.97 Å². The van der Waals surface area contributed by atoms with Gasteiger partial charge in [0.1, 0.15) is 11.6 Å². The topological polar surface area (TPSA) is 105 Å². The summed E-state index contributed by atoms with van der Waals surface area (Å²) >= 11 is 0. The van der Waals surface area contributed by atoms with Gasteiger partial charge in [-0.05, 0) is 49.1 Å². The molecule has 0 radical (unpaired) electrons. The summed E-state index contributed by atoms with van der Waals surface area (Å²) in [5.74, 6) is -2.52. The minimum Gasteiger partial charge on any atom is -0.466 e. The number of likely N-dealkylation sites (tertiary alicyclic amines) is 1. The van der Waals surface area contributed by atoms with Crippen molar-refractivity contribution in [3.05, 3.63) is 42.5 Å². The van der Waals surface area contributed by atoms with Gasteiger partial charge in [0.15, 0.2) is 0 Å². The zero-order valence-electron chi connectivity index (χ0n) is 18.5. The highest BCUT2D eigenvalue weighted by atomic mass is 16.6. The molecule has 3 aliphatic rings. The highest BCUT2D eigenvalue weighted by molar-refractivity contribution is 6.04. The van der Waals surface area contributed by atoms with Crippen LogP contribution < -0.4 is 5.32 Å². The molecule has 8 heteroatoms. The molecule has 3 saturated heterocycles. The molecule has 2 bridgehead atoms. The van der Waals surface area contributed by atoms with Crippen molar-refractivity contribution in [2.45, 2.75) is 43.9 Å². The molecule has 0 aliphatic carbocycles. The van der Waals surface area contributed by atoms with E-state index in [2.05, 4.69) is 5.32 Å². The van der Waals surface area contributed by atoms with E-state index in [4.69, 9.17) is 9.47 Å². The average molecular weight is 453 g/mol. The fraction of sp³-hybridized carbons (Fsp3) is 0.480. The normalized spacial score (nSPS) is 30.0. The SMILES string of the molecule is CCOC(=O)[C@@H]1[C@H]2C(=O)N(CCCO)C(C(=O)Nc3ccc4ccccc4c3)C23CC[C@H]1O3. The Bertz CT molecular complexity index is 1100. The maximum absolute atomic E-state index is 13.6. The van der Waals surface area contributed by atoms with E-state index in [0.29, 0.717) is 24.9 Å². The Labute approximate surface area is 191 Å². The Morgan fingerprint density at radius 1 is 1.24 bits per heavy atom. The summed E-state index contributed by atoms with van der Waals surface area (Å²) in [7, 11) is 0. The van der Waals surface area contributed by atoms with Gasteiger partial charge in [-0.2, -0.15) is 0 Å². The maximum atomic E-state index is 13.6. The third-order valence-corrected chi connectivity index (χ3v) is 7.18. The van der Waals surface area contributed by atoms with Gasteiger partial charge in [-0.15, -0.1) is 0 Å². The van der Waals surface area contributed by atoms with Crippen LogP contribution in [0.4, 0.5) is 5.69 Å². The monoisotopic (exact) mass is 452 g/mol. The predicted octanol–water partition coefficient (Wildman–Crippen LogP) is 2.10. The molecule has 2 amide bonds. The predicted molar refractivity (Wildman–Crippen MR) is 120 cm³/mol. The van der Waals surface area contributed by atoms with E-state index in [1.807, 2.05) is 42.5 Å². The molecule has 0 aromatic heterocycles. The second-order valence-corrected chi connectivity index (χ2v) is 8.97. The summed E-state index contributed by atoms with van der Waals surface area (Å²) in [6, 6.07) is 12.6. The summed E-state index contributed by atoms with van der Waals surface area (Å²) < 4.78 is 11.5. The number of nitrogens with zero attached hydrogens (tertiary/aromatic N) is 1. The fourth-order valence-corrected chi connectivity index (χ4v) is 5.92. The minimum atomic E-state index is -1.06. The molecule has 5 atom stereocenters. The molecule has 2 aromatic carbocycles. The second kappa shape index (κ2) is 8.43. The van der Waals surface area contributed by atoms with E-state index in [1.54, 1.807) is 6.92 Å². The van der Waals surface area contributed by atoms with Crippen molar-refractivity contribution in [1.82, 2.24) is 4.90 Å². The molecule has 3 heterocycles. The van der Waals surface area contributed by atoms with Crippen molar-refractivity contribution in [3.8, 4) is 0 Å². The van der Waals surface area contributed by atoms with Crippen LogP contribution in [-0.2, 0) is 23.9 Å². The molecule has 0 saturated carbocycles. The largest absolute Gasteiger partial charge is 0.466 e. The molecule has 2 aromatic rings. The van der Waals surface area contributed by atoms with Crippen molar-refractivity contribution in [3.63, 3.8) is 0 Å². The van der Waals surface area contributed by atoms with Crippen LogP contribution in [-0.4, -0.2) is 65.3 Å². The number of carbonyl (C=O) groups is 3. The number of anilines is 1. The van der Waals surface area contributed by atoms with Gasteiger partial charge in [-0.3, -0.25) is 14.4 Å². The molecule has 33 heavy (non-hydrogen) atoms. The Balaban J connectivity index is 1.48. The summed E-state index contributed by atoms with van der Waals surface area (Å²) in [5, 5.41) is 14.4. The number of fused-ring (bicyclic) bond motifs is 2. The molecule has 3 aliphatic heterocycles. The van der Waals surface area contributed by atoms with Crippen molar-refractivity contribution in [2.24, 2.45) is 11.8 Å². The van der Waals surface area contributed by atoms with E-state index < -0.39 is 35.6 Å². The van der Waals surface area contributed by atoms with Gasteiger partial charge in [0.2, 0.25) is 11.8 Å². The number of hydrogen-bond acceptors (Lipinski definition) is 6. The number of nitrogens with one attached hydrogen (secondary N) is 1. The lowest BCUT2D eigenvalue weighted by molar-refractivity contribution is -0.154. The molecular formula is C25H28N2O6. The van der Waals surface area contributed by atoms with Gasteiger partial charge in [-0.1, -0.05) is 30.3 Å². The number of aliphatic hydroxyl groups is 1. The first-order valence-corrected chi connectivity index (χ1v) is 11.6. The molecule has 2 N–H and O–H groups in total. The number of ether oxygens (including phenoxy) is 2. The van der Waals surface area contributed by atoms with Crippen LogP contribution in [0.5, 0.6) is 0 Å². The third-order valence-electron chi connectivity index (χ3n) is 7.18. The van der Waals surface area contributed by atoms with Crippen molar-refractivity contribution >= 4 is 34.2 Å². The Morgan fingerprint density at radius 2 is 2.03 bits per heavy atom. The standard InChI is InChI=1S/C25H28N2O6/c1-2-32-24(31)19-18-10-11-25(33-18)20(19)23(30)27(12-5-13-28)21(25)22(29)26-17-9-8-15-6-3-4-7-16(15)14-17/h3-4,6-9,14,18-21,28H,2,5,10-13H2,1H3,(H,26,29)/t18-,19+,20+,21?,25?/m1/s1. The van der Waals surface area contributed by atoms with Gasteiger partial charge in [0.25, 0.3) is 0 Å². The number of carbonyl (C=O) groups excluding carboxylic acids is 3. The molecule has 8 nitrogen and oxygen atoms in total. The van der Waals surface area contributed by atoms with Crippen molar-refractivity contribution < 1.29 is 29.0 Å². The van der Waals surface area contributed by atoms with E-state index in [1.165, 1.54) is 4.90 Å². The third kappa shape index (κ3) is 3.40. The average Bonchev–Trinajstić information content (AvgIpc) is 3.45. The summed E-state index contributed by atoms with van der Waals surface area (Å²) in [6.07, 6.45) is 1.03. The van der Waals surface area contributed by atoms with E-state index >= 15 is 0 Å². The van der Waals surface area contributed by atoms with E-state index in [9.17, 15) is 19.5 Å². The lowest BCUT2D eigenvalue weighted by Gasteiger charge is -2.33. The Kier molecular flexibility index (Phi) is 5.58. The zero-order valence-corrected chi connectivity index (χ0v) is 18.5. The van der Waals surface area contributed by atoms with Crippen LogP contribution in [0.15, 0.2) is 42.5 Å². The first-order valence-electron chi connectivity index (χ1n) is 11.6. The first kappa shape index (κ1) is 21.9. The van der Waals surface area contributed by atoms with Crippen LogP contribution in [0.2, 0.25) is 0 Å². The number of aliphatic hydroxyl groups excluding tert-OH is 1. The van der Waals surface area contributed by atoms with E-state index in [0.717, 1.165) is 10.8 Å². The highest BCUT2D eigenvalue weighted by Crippen LogP contribution is 2.58. The number of esters is 1. The molecule has 174 valence electrons. The van der Waals surface area contributed by atoms with Gasteiger partial charge in [-0.25, -0.2) is 0 Å². The zero-order chi connectivity index (χ0) is 23.2. The first-order chi connectivity index (χ1) is 16.0. The fourth-order valence-electron chi connectivity index (χ4n) is 5.92. The number of amides is 2. The lowest BCUT2D eigenvalue weighted by Crippen LogP contribution is -2.53. The summed E-state index contributed by atoms with van der Waals surface area (Å²) in [5.41, 5.74) is -0.433.